The summed E-state index contributed by atoms with van der Waals surface area (Å²) in [6, 6.07) is 5.19. The molecule has 0 unspecified atom stereocenters. The molecular weight excluding hydrogens is 311 g/mol. The molecule has 0 aliphatic rings. The number of fused-ring (bicyclic) bond motifs is 1. The van der Waals surface area contributed by atoms with E-state index in [4.69, 9.17) is 28.9 Å². The number of primary amides is 1. The first-order valence-corrected chi connectivity index (χ1v) is 6.84. The fraction of sp³-hybridized carbons (Fsp3) is 0.0714. The van der Waals surface area contributed by atoms with Gasteiger partial charge in [0.1, 0.15) is 5.82 Å². The molecular formula is C14H10Cl2N4O. The standard InChI is InChI=1S/C14H10Cl2N4O/c1-6-5-18-12(13(17)21)11-10(6)19-14(20-11)9-7(15)3-2-4-8(9)16/h2-5H,1H3,(H2,17,21)(H,19,20). The molecule has 3 N–H and O–H groups in total. The second-order valence-electron chi connectivity index (χ2n) is 4.56. The molecule has 7 heteroatoms. The lowest BCUT2D eigenvalue weighted by molar-refractivity contribution is 0.0997. The summed E-state index contributed by atoms with van der Waals surface area (Å²) in [6.45, 7) is 1.85. The van der Waals surface area contributed by atoms with E-state index in [0.717, 1.165) is 5.56 Å². The molecule has 0 saturated carbocycles. The number of carbonyl (C=O) groups is 1. The number of aromatic nitrogens is 3. The van der Waals surface area contributed by atoms with Crippen LogP contribution in [0.15, 0.2) is 24.4 Å². The van der Waals surface area contributed by atoms with Gasteiger partial charge in [-0.25, -0.2) is 9.97 Å². The van der Waals surface area contributed by atoms with Gasteiger partial charge in [0.05, 0.1) is 26.6 Å². The van der Waals surface area contributed by atoms with Crippen molar-refractivity contribution < 1.29 is 4.79 Å². The molecule has 1 aromatic carbocycles. The molecule has 1 amide bonds. The van der Waals surface area contributed by atoms with E-state index in [2.05, 4.69) is 15.0 Å². The predicted octanol–water partition coefficient (Wildman–Crippen LogP) is 3.34. The first-order chi connectivity index (χ1) is 9.99. The number of nitrogens with one attached hydrogen (secondary N) is 1. The molecule has 0 bridgehead atoms. The summed E-state index contributed by atoms with van der Waals surface area (Å²) < 4.78 is 0. The molecule has 3 rings (SSSR count). The number of H-pyrrole nitrogens is 1. The number of nitrogens with two attached hydrogens (primary N) is 1. The van der Waals surface area contributed by atoms with Crippen molar-refractivity contribution in [2.45, 2.75) is 6.92 Å². The molecule has 0 radical (unpaired) electrons. The third-order valence-electron chi connectivity index (χ3n) is 3.13. The number of halogens is 2. The first-order valence-electron chi connectivity index (χ1n) is 6.08. The Labute approximate surface area is 130 Å². The quantitative estimate of drug-likeness (QED) is 0.759. The van der Waals surface area contributed by atoms with Crippen LogP contribution in [-0.4, -0.2) is 20.9 Å². The maximum atomic E-state index is 11.5. The van der Waals surface area contributed by atoms with Gasteiger partial charge < -0.3 is 10.7 Å². The molecule has 2 heterocycles. The number of pyridine rings is 1. The summed E-state index contributed by atoms with van der Waals surface area (Å²) in [5.41, 5.74) is 7.96. The zero-order chi connectivity index (χ0) is 15.1. The van der Waals surface area contributed by atoms with E-state index in [1.165, 1.54) is 0 Å². The summed E-state index contributed by atoms with van der Waals surface area (Å²) >= 11 is 12.4. The first kappa shape index (κ1) is 13.9. The number of amides is 1. The van der Waals surface area contributed by atoms with Crippen molar-refractivity contribution >= 4 is 40.1 Å². The highest BCUT2D eigenvalue weighted by Gasteiger charge is 2.18. The molecule has 0 aliphatic heterocycles. The van der Waals surface area contributed by atoms with E-state index >= 15 is 0 Å². The van der Waals surface area contributed by atoms with Crippen LogP contribution in [0.3, 0.4) is 0 Å². The molecule has 5 nitrogen and oxygen atoms in total. The number of hydrogen-bond acceptors (Lipinski definition) is 3. The second-order valence-corrected chi connectivity index (χ2v) is 5.37. The van der Waals surface area contributed by atoms with E-state index in [1.807, 2.05) is 6.92 Å². The highest BCUT2D eigenvalue weighted by Crippen LogP contribution is 2.34. The lowest BCUT2D eigenvalue weighted by Crippen LogP contribution is -2.13. The lowest BCUT2D eigenvalue weighted by Gasteiger charge is -2.02. The smallest absolute Gasteiger partial charge is 0.269 e. The maximum Gasteiger partial charge on any atom is 0.269 e. The Morgan fingerprint density at radius 1 is 1.29 bits per heavy atom. The van der Waals surface area contributed by atoms with E-state index in [-0.39, 0.29) is 5.69 Å². The molecule has 0 saturated heterocycles. The van der Waals surface area contributed by atoms with Gasteiger partial charge in [-0.2, -0.15) is 0 Å². The Hall–Kier alpha value is -2.11. The van der Waals surface area contributed by atoms with E-state index in [9.17, 15) is 4.79 Å². The number of nitrogens with zero attached hydrogens (tertiary/aromatic N) is 2. The monoisotopic (exact) mass is 320 g/mol. The molecule has 0 fully saturated rings. The Balaban J connectivity index is 2.34. The molecule has 0 spiro atoms. The van der Waals surface area contributed by atoms with Crippen molar-refractivity contribution in [2.75, 3.05) is 0 Å². The van der Waals surface area contributed by atoms with Crippen LogP contribution in [0.1, 0.15) is 16.1 Å². The van der Waals surface area contributed by atoms with Crippen molar-refractivity contribution in [3.05, 3.63) is 45.7 Å². The number of benzene rings is 1. The van der Waals surface area contributed by atoms with Crippen LogP contribution in [-0.2, 0) is 0 Å². The highest BCUT2D eigenvalue weighted by atomic mass is 35.5. The Morgan fingerprint density at radius 2 is 1.95 bits per heavy atom. The molecule has 106 valence electrons. The van der Waals surface area contributed by atoms with Gasteiger partial charge in [-0.3, -0.25) is 4.79 Å². The van der Waals surface area contributed by atoms with Crippen LogP contribution in [0.25, 0.3) is 22.4 Å². The van der Waals surface area contributed by atoms with Crippen LogP contribution in [0.5, 0.6) is 0 Å². The average molecular weight is 321 g/mol. The number of carbonyl (C=O) groups excluding carboxylic acids is 1. The second kappa shape index (κ2) is 5.02. The van der Waals surface area contributed by atoms with Gasteiger partial charge in [0.2, 0.25) is 0 Å². The number of rotatable bonds is 2. The van der Waals surface area contributed by atoms with Gasteiger partial charge in [-0.15, -0.1) is 0 Å². The fourth-order valence-corrected chi connectivity index (χ4v) is 2.72. The molecule has 21 heavy (non-hydrogen) atoms. The Morgan fingerprint density at radius 3 is 2.57 bits per heavy atom. The number of aryl methyl sites for hydroxylation is 1. The van der Waals surface area contributed by atoms with Gasteiger partial charge in [0.25, 0.3) is 5.91 Å². The third kappa shape index (κ3) is 2.24. The van der Waals surface area contributed by atoms with Gasteiger partial charge in [0.15, 0.2) is 5.69 Å². The van der Waals surface area contributed by atoms with Crippen molar-refractivity contribution in [1.82, 2.24) is 15.0 Å². The SMILES string of the molecule is Cc1cnc(C(N)=O)c2[nH]c(-c3c(Cl)cccc3Cl)nc12. The van der Waals surface area contributed by atoms with Crippen LogP contribution in [0, 0.1) is 6.92 Å². The summed E-state index contributed by atoms with van der Waals surface area (Å²) in [4.78, 5) is 23.0. The lowest BCUT2D eigenvalue weighted by atomic mass is 10.2. The average Bonchev–Trinajstić information content (AvgIpc) is 2.84. The van der Waals surface area contributed by atoms with E-state index < -0.39 is 5.91 Å². The van der Waals surface area contributed by atoms with Crippen molar-refractivity contribution in [1.29, 1.82) is 0 Å². The van der Waals surface area contributed by atoms with E-state index in [0.29, 0.717) is 32.5 Å². The van der Waals surface area contributed by atoms with Crippen molar-refractivity contribution in [3.8, 4) is 11.4 Å². The van der Waals surface area contributed by atoms with Gasteiger partial charge in [0, 0.05) is 6.20 Å². The third-order valence-corrected chi connectivity index (χ3v) is 3.76. The number of aromatic amines is 1. The van der Waals surface area contributed by atoms with Gasteiger partial charge >= 0.3 is 0 Å². The minimum atomic E-state index is -0.625. The van der Waals surface area contributed by atoms with Crippen molar-refractivity contribution in [3.63, 3.8) is 0 Å². The fourth-order valence-electron chi connectivity index (χ4n) is 2.15. The van der Waals surface area contributed by atoms with Gasteiger partial charge in [-0.05, 0) is 24.6 Å². The minimum absolute atomic E-state index is 0.137. The Kier molecular flexibility index (Phi) is 3.31. The summed E-state index contributed by atoms with van der Waals surface area (Å²) in [7, 11) is 0. The largest absolute Gasteiger partial charge is 0.364 e. The molecule has 2 aromatic heterocycles. The number of hydrogen-bond donors (Lipinski definition) is 2. The zero-order valence-corrected chi connectivity index (χ0v) is 12.5. The van der Waals surface area contributed by atoms with Crippen LogP contribution in [0.2, 0.25) is 10.0 Å². The van der Waals surface area contributed by atoms with Crippen LogP contribution < -0.4 is 5.73 Å². The summed E-state index contributed by atoms with van der Waals surface area (Å²) in [6.07, 6.45) is 1.56. The summed E-state index contributed by atoms with van der Waals surface area (Å²) in [5.74, 6) is -0.153. The molecule has 0 aliphatic carbocycles. The molecule has 3 aromatic rings. The predicted molar refractivity (Wildman–Crippen MR) is 82.6 cm³/mol. The van der Waals surface area contributed by atoms with Gasteiger partial charge in [-0.1, -0.05) is 29.3 Å². The van der Waals surface area contributed by atoms with E-state index in [1.54, 1.807) is 24.4 Å². The molecule has 0 atom stereocenters. The normalized spacial score (nSPS) is 11.0. The zero-order valence-electron chi connectivity index (χ0n) is 10.9. The topological polar surface area (TPSA) is 84.7 Å². The summed E-state index contributed by atoms with van der Waals surface area (Å²) in [5, 5.41) is 0.931. The van der Waals surface area contributed by atoms with Crippen LogP contribution >= 0.6 is 23.2 Å². The number of imidazole rings is 1. The van der Waals surface area contributed by atoms with Crippen molar-refractivity contribution in [2.24, 2.45) is 5.73 Å². The Bertz CT molecular complexity index is 853. The maximum absolute atomic E-state index is 11.5. The minimum Gasteiger partial charge on any atom is -0.364 e. The van der Waals surface area contributed by atoms with Crippen LogP contribution in [0.4, 0.5) is 0 Å². The highest BCUT2D eigenvalue weighted by molar-refractivity contribution is 6.39.